The fraction of sp³-hybridized carbons (Fsp3) is 0.176. The third-order valence-electron chi connectivity index (χ3n) is 1.33. The number of benzene rings is 2. The molecule has 0 fully saturated rings. The summed E-state index contributed by atoms with van der Waals surface area (Å²) >= 11 is 0. The minimum Gasteiger partial charge on any atom is -0.450 e. The second-order valence-electron chi connectivity index (χ2n) is 3.58. The minimum atomic E-state index is -1.83. The largest absolute Gasteiger partial charge is 0.503 e. The maximum atomic E-state index is 8.56. The van der Waals surface area contributed by atoms with Crippen molar-refractivity contribution in [1.29, 1.82) is 0 Å². The van der Waals surface area contributed by atoms with Gasteiger partial charge in [0.2, 0.25) is 0 Å². The first-order valence-electron chi connectivity index (χ1n) is 6.72. The van der Waals surface area contributed by atoms with E-state index in [-0.39, 0.29) is 0 Å². The molecule has 128 valence electrons. The van der Waals surface area contributed by atoms with Gasteiger partial charge in [0.25, 0.3) is 0 Å². The zero-order valence-electron chi connectivity index (χ0n) is 13.2. The molecule has 0 heterocycles. The van der Waals surface area contributed by atoms with Crippen LogP contribution in [-0.4, -0.2) is 32.7 Å². The summed E-state index contributed by atoms with van der Waals surface area (Å²) in [7, 11) is 0. The molecule has 4 N–H and O–H groups in total. The van der Waals surface area contributed by atoms with Gasteiger partial charge in [-0.2, -0.15) is 0 Å². The second kappa shape index (κ2) is 24.0. The predicted octanol–water partition coefficient (Wildman–Crippen LogP) is 5.23. The van der Waals surface area contributed by atoms with Gasteiger partial charge < -0.3 is 20.4 Å². The highest BCUT2D eigenvalue weighted by Gasteiger charge is 1.70. The van der Waals surface area contributed by atoms with Crippen molar-refractivity contribution in [3.8, 4) is 0 Å². The molecule has 0 atom stereocenters. The van der Waals surface area contributed by atoms with Crippen LogP contribution in [0.25, 0.3) is 0 Å². The van der Waals surface area contributed by atoms with Crippen molar-refractivity contribution in [2.45, 2.75) is 20.3 Å². The van der Waals surface area contributed by atoms with Gasteiger partial charge in [0.15, 0.2) is 0 Å². The number of carbonyl (C=O) groups is 2. The quantitative estimate of drug-likeness (QED) is 0.527. The van der Waals surface area contributed by atoms with Crippen LogP contribution in [0.5, 0.6) is 0 Å². The zero-order valence-corrected chi connectivity index (χ0v) is 13.2. The van der Waals surface area contributed by atoms with Gasteiger partial charge in [-0.05, 0) is 0 Å². The Hall–Kier alpha value is -3.02. The average molecular weight is 324 g/mol. The lowest BCUT2D eigenvalue weighted by molar-refractivity contribution is 0.135. The van der Waals surface area contributed by atoms with Crippen molar-refractivity contribution >= 4 is 12.3 Å². The molecule has 0 amide bonds. The summed E-state index contributed by atoms with van der Waals surface area (Å²) in [4.78, 5) is 17.1. The molecule has 0 aliphatic heterocycles. The van der Waals surface area contributed by atoms with E-state index in [0.29, 0.717) is 0 Å². The molecule has 2 rings (SSSR count). The van der Waals surface area contributed by atoms with Gasteiger partial charge in [-0.15, -0.1) is 0 Å². The molecular formula is C17H24O6. The molecule has 6 heteroatoms. The van der Waals surface area contributed by atoms with E-state index in [1.54, 1.807) is 0 Å². The Labute approximate surface area is 136 Å². The highest BCUT2D eigenvalue weighted by molar-refractivity contribution is 5.53. The first kappa shape index (κ1) is 25.0. The Balaban J connectivity index is -0.000000224. The lowest BCUT2D eigenvalue weighted by Gasteiger charge is -1.69. The Bertz CT molecular complexity index is 340. The van der Waals surface area contributed by atoms with E-state index in [2.05, 4.69) is 13.8 Å². The van der Waals surface area contributed by atoms with Gasteiger partial charge in [0, 0.05) is 0 Å². The maximum Gasteiger partial charge on any atom is 0.503 e. The van der Waals surface area contributed by atoms with Crippen LogP contribution in [0, 0.1) is 0 Å². The Morgan fingerprint density at radius 3 is 0.609 bits per heavy atom. The number of carboxylic acid groups (broad SMARTS) is 4. The van der Waals surface area contributed by atoms with E-state index in [1.807, 2.05) is 72.8 Å². The smallest absolute Gasteiger partial charge is 0.450 e. The molecule has 23 heavy (non-hydrogen) atoms. The molecule has 2 aromatic carbocycles. The normalized spacial score (nSPS) is 7.04. The molecule has 0 aromatic heterocycles. The number of hydrogen-bond donors (Lipinski definition) is 4. The van der Waals surface area contributed by atoms with Crippen LogP contribution < -0.4 is 0 Å². The van der Waals surface area contributed by atoms with Crippen LogP contribution in [0.1, 0.15) is 20.3 Å². The molecule has 0 aliphatic carbocycles. The molecule has 0 unspecified atom stereocenters. The van der Waals surface area contributed by atoms with E-state index in [9.17, 15) is 0 Å². The van der Waals surface area contributed by atoms with Gasteiger partial charge in [0.1, 0.15) is 0 Å². The first-order valence-corrected chi connectivity index (χ1v) is 6.72. The molecule has 0 saturated heterocycles. The fourth-order valence-corrected chi connectivity index (χ4v) is 0.770. The summed E-state index contributed by atoms with van der Waals surface area (Å²) in [5, 5.41) is 27.9. The average Bonchev–Trinajstić information content (AvgIpc) is 2.51. The lowest BCUT2D eigenvalue weighted by atomic mass is 10.4. The van der Waals surface area contributed by atoms with Gasteiger partial charge in [-0.25, -0.2) is 9.59 Å². The van der Waals surface area contributed by atoms with Crippen molar-refractivity contribution in [3.05, 3.63) is 72.8 Å². The van der Waals surface area contributed by atoms with Crippen LogP contribution in [0.4, 0.5) is 9.59 Å². The molecule has 0 saturated carbocycles. The van der Waals surface area contributed by atoms with E-state index in [1.165, 1.54) is 6.42 Å². The number of hydrogen-bond acceptors (Lipinski definition) is 2. The fourth-order valence-electron chi connectivity index (χ4n) is 0.770. The van der Waals surface area contributed by atoms with Crippen LogP contribution >= 0.6 is 0 Å². The zero-order chi connectivity index (χ0) is 18.3. The highest BCUT2D eigenvalue weighted by atomic mass is 16.6. The topological polar surface area (TPSA) is 115 Å². The Morgan fingerprint density at radius 1 is 0.522 bits per heavy atom. The van der Waals surface area contributed by atoms with Crippen molar-refractivity contribution in [1.82, 2.24) is 0 Å². The van der Waals surface area contributed by atoms with E-state index >= 15 is 0 Å². The maximum absolute atomic E-state index is 8.56. The van der Waals surface area contributed by atoms with Crippen LogP contribution in [0.3, 0.4) is 0 Å². The minimum absolute atomic E-state index is 1.25. The van der Waals surface area contributed by atoms with E-state index in [0.717, 1.165) is 0 Å². The standard InChI is InChI=1S/2C6H6.C3H8.2CH2O3/c2*1-2-4-6-5-3-1;1-3-2;2*2-1(3)4/h2*1-6H;3H2,1-2H3;2*(H2,2,3,4). The monoisotopic (exact) mass is 324 g/mol. The SMILES string of the molecule is CCC.O=C(O)O.O=C(O)O.c1ccccc1.c1ccccc1. The van der Waals surface area contributed by atoms with Gasteiger partial charge in [-0.3, -0.25) is 0 Å². The second-order valence-corrected chi connectivity index (χ2v) is 3.58. The third-order valence-corrected chi connectivity index (χ3v) is 1.33. The molecule has 0 spiro atoms. The van der Waals surface area contributed by atoms with Crippen molar-refractivity contribution in [3.63, 3.8) is 0 Å². The Kier molecular flexibility index (Phi) is 26.1. The molecule has 0 radical (unpaired) electrons. The van der Waals surface area contributed by atoms with E-state index < -0.39 is 12.3 Å². The highest BCUT2D eigenvalue weighted by Crippen LogP contribution is 1.80. The third kappa shape index (κ3) is 67.9. The molecule has 2 aromatic rings. The molecule has 0 bridgehead atoms. The molecule has 6 nitrogen and oxygen atoms in total. The van der Waals surface area contributed by atoms with Gasteiger partial charge in [0.05, 0.1) is 0 Å². The first-order chi connectivity index (χ1) is 10.9. The molecule has 0 aliphatic rings. The number of rotatable bonds is 0. The van der Waals surface area contributed by atoms with Crippen LogP contribution in [0.2, 0.25) is 0 Å². The lowest BCUT2D eigenvalue weighted by Crippen LogP contribution is -1.81. The van der Waals surface area contributed by atoms with Crippen LogP contribution in [0.15, 0.2) is 72.8 Å². The summed E-state index contributed by atoms with van der Waals surface area (Å²) in [5.74, 6) is 0. The van der Waals surface area contributed by atoms with Gasteiger partial charge in [-0.1, -0.05) is 93.1 Å². The predicted molar refractivity (Wildman–Crippen MR) is 90.2 cm³/mol. The summed E-state index contributed by atoms with van der Waals surface area (Å²) in [5.41, 5.74) is 0. The van der Waals surface area contributed by atoms with Crippen molar-refractivity contribution in [2.75, 3.05) is 0 Å². The van der Waals surface area contributed by atoms with Crippen LogP contribution in [-0.2, 0) is 0 Å². The van der Waals surface area contributed by atoms with Crippen molar-refractivity contribution in [2.24, 2.45) is 0 Å². The summed E-state index contributed by atoms with van der Waals surface area (Å²) in [6, 6.07) is 24.0. The van der Waals surface area contributed by atoms with E-state index in [4.69, 9.17) is 30.0 Å². The summed E-state index contributed by atoms with van der Waals surface area (Å²) in [6.07, 6.45) is -2.42. The molecular weight excluding hydrogens is 300 g/mol. The summed E-state index contributed by atoms with van der Waals surface area (Å²) in [6.45, 7) is 4.25. The Morgan fingerprint density at radius 2 is 0.565 bits per heavy atom. The van der Waals surface area contributed by atoms with Crippen molar-refractivity contribution < 1.29 is 30.0 Å². The van der Waals surface area contributed by atoms with Gasteiger partial charge >= 0.3 is 12.3 Å². The summed E-state index contributed by atoms with van der Waals surface area (Å²) < 4.78 is 0.